The normalized spacial score (nSPS) is 16.8. The van der Waals surface area contributed by atoms with Gasteiger partial charge in [0, 0.05) is 40.3 Å². The molecule has 136 valence electrons. The summed E-state index contributed by atoms with van der Waals surface area (Å²) in [6.07, 6.45) is 0. The van der Waals surface area contributed by atoms with Crippen LogP contribution < -0.4 is 5.63 Å². The van der Waals surface area contributed by atoms with Gasteiger partial charge in [-0.3, -0.25) is 4.90 Å². The van der Waals surface area contributed by atoms with Crippen LogP contribution in [0.25, 0.3) is 21.2 Å². The number of morpholine rings is 1. The van der Waals surface area contributed by atoms with Crippen LogP contribution in [0.3, 0.4) is 0 Å². The molecule has 0 bridgehead atoms. The summed E-state index contributed by atoms with van der Waals surface area (Å²) >= 11 is 5.35. The van der Waals surface area contributed by atoms with Crippen molar-refractivity contribution >= 4 is 38.0 Å². The van der Waals surface area contributed by atoms with Crippen LogP contribution in [0.5, 0.6) is 0 Å². The standard InChI is InChI=1S/C20H20BrNO3S/c1-13(21)19-18(15-4-2-3-5-16(15)20(23)25-19)17-7-6-14(26-17)12-22-8-10-24-11-9-22/h2-7,13H,8-12H2,1H3. The van der Waals surface area contributed by atoms with Crippen LogP contribution in [0.2, 0.25) is 0 Å². The molecule has 0 amide bonds. The lowest BCUT2D eigenvalue weighted by Gasteiger charge is -2.25. The fraction of sp³-hybridized carbons (Fsp3) is 0.350. The average molecular weight is 434 g/mol. The van der Waals surface area contributed by atoms with Crippen molar-refractivity contribution in [1.82, 2.24) is 4.90 Å². The van der Waals surface area contributed by atoms with E-state index in [4.69, 9.17) is 9.15 Å². The smallest absolute Gasteiger partial charge is 0.343 e. The van der Waals surface area contributed by atoms with Gasteiger partial charge in [-0.05, 0) is 25.1 Å². The fourth-order valence-corrected chi connectivity index (χ4v) is 4.77. The zero-order valence-corrected chi connectivity index (χ0v) is 16.9. The first-order valence-electron chi connectivity index (χ1n) is 8.72. The summed E-state index contributed by atoms with van der Waals surface area (Å²) in [6, 6.07) is 12.0. The van der Waals surface area contributed by atoms with Crippen molar-refractivity contribution in [3.8, 4) is 10.4 Å². The number of alkyl halides is 1. The molecule has 1 aromatic carbocycles. The first kappa shape index (κ1) is 17.9. The highest BCUT2D eigenvalue weighted by atomic mass is 79.9. The van der Waals surface area contributed by atoms with E-state index in [-0.39, 0.29) is 10.5 Å². The summed E-state index contributed by atoms with van der Waals surface area (Å²) in [6.45, 7) is 6.47. The Bertz CT molecular complexity index is 973. The van der Waals surface area contributed by atoms with Crippen LogP contribution in [-0.2, 0) is 11.3 Å². The molecule has 1 aliphatic heterocycles. The molecule has 3 aromatic rings. The number of fused-ring (bicyclic) bond motifs is 1. The van der Waals surface area contributed by atoms with Crippen molar-refractivity contribution in [1.29, 1.82) is 0 Å². The van der Waals surface area contributed by atoms with E-state index in [9.17, 15) is 4.79 Å². The van der Waals surface area contributed by atoms with Crippen molar-refractivity contribution in [3.05, 3.63) is 57.5 Å². The van der Waals surface area contributed by atoms with Gasteiger partial charge in [0.05, 0.1) is 23.4 Å². The van der Waals surface area contributed by atoms with Gasteiger partial charge in [0.15, 0.2) is 0 Å². The SMILES string of the molecule is CC(Br)c1oc(=O)c2ccccc2c1-c1ccc(CN2CCOCC2)s1. The third-order valence-electron chi connectivity index (χ3n) is 4.62. The van der Waals surface area contributed by atoms with E-state index >= 15 is 0 Å². The topological polar surface area (TPSA) is 42.7 Å². The summed E-state index contributed by atoms with van der Waals surface area (Å²) < 4.78 is 11.1. The molecule has 1 fully saturated rings. The number of thiophene rings is 1. The predicted octanol–water partition coefficient (Wildman–Crippen LogP) is 4.81. The van der Waals surface area contributed by atoms with Crippen molar-refractivity contribution in [2.45, 2.75) is 18.3 Å². The van der Waals surface area contributed by atoms with Gasteiger partial charge in [-0.25, -0.2) is 4.79 Å². The van der Waals surface area contributed by atoms with E-state index in [0.717, 1.165) is 48.7 Å². The Morgan fingerprint density at radius 2 is 1.88 bits per heavy atom. The Hall–Kier alpha value is -1.47. The van der Waals surface area contributed by atoms with Crippen LogP contribution in [0, 0.1) is 0 Å². The minimum absolute atomic E-state index is 0.0420. The minimum atomic E-state index is -0.282. The van der Waals surface area contributed by atoms with Gasteiger partial charge >= 0.3 is 5.63 Å². The maximum Gasteiger partial charge on any atom is 0.343 e. The van der Waals surface area contributed by atoms with Crippen LogP contribution in [0.15, 0.2) is 45.6 Å². The number of nitrogens with zero attached hydrogens (tertiary/aromatic N) is 1. The molecule has 0 spiro atoms. The van der Waals surface area contributed by atoms with Crippen LogP contribution in [-0.4, -0.2) is 31.2 Å². The lowest BCUT2D eigenvalue weighted by molar-refractivity contribution is 0.0346. The lowest BCUT2D eigenvalue weighted by Crippen LogP contribution is -2.35. The minimum Gasteiger partial charge on any atom is -0.426 e. The molecule has 0 aliphatic carbocycles. The number of halogens is 1. The molecule has 4 nitrogen and oxygen atoms in total. The van der Waals surface area contributed by atoms with Gasteiger partial charge in [-0.1, -0.05) is 34.1 Å². The summed E-state index contributed by atoms with van der Waals surface area (Å²) in [5.74, 6) is 0.688. The molecule has 0 saturated carbocycles. The van der Waals surface area contributed by atoms with E-state index in [1.165, 1.54) is 4.88 Å². The Morgan fingerprint density at radius 1 is 1.15 bits per heavy atom. The van der Waals surface area contributed by atoms with Crippen LogP contribution in [0.4, 0.5) is 0 Å². The number of hydrogen-bond donors (Lipinski definition) is 0. The maximum atomic E-state index is 12.4. The zero-order chi connectivity index (χ0) is 18.1. The summed E-state index contributed by atoms with van der Waals surface area (Å²) in [4.78, 5) is 17.2. The molecular weight excluding hydrogens is 414 g/mol. The third-order valence-corrected chi connectivity index (χ3v) is 6.12. The molecule has 0 radical (unpaired) electrons. The van der Waals surface area contributed by atoms with Gasteiger partial charge in [-0.2, -0.15) is 0 Å². The number of hydrogen-bond acceptors (Lipinski definition) is 5. The van der Waals surface area contributed by atoms with E-state index in [2.05, 4.69) is 33.0 Å². The Kier molecular flexibility index (Phi) is 5.27. The quantitative estimate of drug-likeness (QED) is 0.553. The Morgan fingerprint density at radius 3 is 2.62 bits per heavy atom. The van der Waals surface area contributed by atoms with E-state index < -0.39 is 0 Å². The molecule has 1 aliphatic rings. The van der Waals surface area contributed by atoms with Gasteiger partial charge in [0.2, 0.25) is 0 Å². The molecule has 6 heteroatoms. The summed E-state index contributed by atoms with van der Waals surface area (Å²) in [5, 5.41) is 1.58. The van der Waals surface area contributed by atoms with Crippen LogP contribution in [0.1, 0.15) is 22.4 Å². The second kappa shape index (κ2) is 7.64. The summed E-state index contributed by atoms with van der Waals surface area (Å²) in [5.41, 5.74) is 0.735. The molecule has 1 atom stereocenters. The first-order chi connectivity index (χ1) is 12.6. The van der Waals surface area contributed by atoms with Crippen molar-refractivity contribution in [2.24, 2.45) is 0 Å². The van der Waals surface area contributed by atoms with Gasteiger partial charge in [0.1, 0.15) is 5.76 Å². The van der Waals surface area contributed by atoms with Gasteiger partial charge in [-0.15, -0.1) is 11.3 Å². The van der Waals surface area contributed by atoms with Gasteiger partial charge < -0.3 is 9.15 Å². The largest absolute Gasteiger partial charge is 0.426 e. The third kappa shape index (κ3) is 3.51. The van der Waals surface area contributed by atoms with Crippen molar-refractivity contribution < 1.29 is 9.15 Å². The van der Waals surface area contributed by atoms with Gasteiger partial charge in [0.25, 0.3) is 0 Å². The molecule has 1 saturated heterocycles. The van der Waals surface area contributed by atoms with Crippen molar-refractivity contribution in [2.75, 3.05) is 26.3 Å². The molecule has 3 heterocycles. The lowest BCUT2D eigenvalue weighted by atomic mass is 10.0. The molecule has 1 unspecified atom stereocenters. The van der Waals surface area contributed by atoms with E-state index in [0.29, 0.717) is 11.1 Å². The highest BCUT2D eigenvalue weighted by Gasteiger charge is 2.20. The monoisotopic (exact) mass is 433 g/mol. The number of ether oxygens (including phenoxy) is 1. The zero-order valence-electron chi connectivity index (χ0n) is 14.5. The average Bonchev–Trinajstić information content (AvgIpc) is 3.10. The molecular formula is C20H20BrNO3S. The molecule has 4 rings (SSSR count). The number of rotatable bonds is 4. The first-order valence-corrected chi connectivity index (χ1v) is 10.5. The molecule has 2 aromatic heterocycles. The predicted molar refractivity (Wildman–Crippen MR) is 109 cm³/mol. The Balaban J connectivity index is 1.77. The molecule has 26 heavy (non-hydrogen) atoms. The Labute approximate surface area is 164 Å². The molecule has 0 N–H and O–H groups in total. The second-order valence-corrected chi connectivity index (χ2v) is 8.99. The van der Waals surface area contributed by atoms with Crippen molar-refractivity contribution in [3.63, 3.8) is 0 Å². The fourth-order valence-electron chi connectivity index (χ4n) is 3.33. The number of benzene rings is 1. The maximum absolute atomic E-state index is 12.4. The van der Waals surface area contributed by atoms with E-state index in [1.54, 1.807) is 11.3 Å². The van der Waals surface area contributed by atoms with Crippen LogP contribution >= 0.6 is 27.3 Å². The van der Waals surface area contributed by atoms with E-state index in [1.807, 2.05) is 31.2 Å². The highest BCUT2D eigenvalue weighted by Crippen LogP contribution is 2.40. The highest BCUT2D eigenvalue weighted by molar-refractivity contribution is 9.09. The second-order valence-electron chi connectivity index (χ2n) is 6.44. The summed E-state index contributed by atoms with van der Waals surface area (Å²) in [7, 11) is 0.